The van der Waals surface area contributed by atoms with Gasteiger partial charge in [-0.2, -0.15) is 0 Å². The van der Waals surface area contributed by atoms with E-state index < -0.39 is 0 Å². The van der Waals surface area contributed by atoms with E-state index in [-0.39, 0.29) is 17.5 Å². The Hall–Kier alpha value is -3.86. The molecule has 0 fully saturated rings. The molecule has 33 heavy (non-hydrogen) atoms. The van der Waals surface area contributed by atoms with Crippen LogP contribution in [0.3, 0.4) is 0 Å². The molecule has 1 heterocycles. The van der Waals surface area contributed by atoms with Crippen LogP contribution in [0.2, 0.25) is 0 Å². The van der Waals surface area contributed by atoms with Crippen molar-refractivity contribution in [1.82, 2.24) is 0 Å². The van der Waals surface area contributed by atoms with Crippen LogP contribution in [0.1, 0.15) is 35.6 Å². The van der Waals surface area contributed by atoms with Crippen molar-refractivity contribution < 1.29 is 14.3 Å². The third-order valence-electron chi connectivity index (χ3n) is 5.48. The molecule has 0 saturated carbocycles. The van der Waals surface area contributed by atoms with E-state index in [0.29, 0.717) is 23.4 Å². The molecule has 1 N–H and O–H groups in total. The highest BCUT2D eigenvalue weighted by atomic mass is 16.5. The molecule has 2 amide bonds. The lowest BCUT2D eigenvalue weighted by Crippen LogP contribution is -2.32. The summed E-state index contributed by atoms with van der Waals surface area (Å²) >= 11 is 0. The second kappa shape index (κ2) is 9.33. The number of nitrogens with zero attached hydrogens (tertiary/aromatic N) is 1. The zero-order valence-corrected chi connectivity index (χ0v) is 19.4. The Balaban J connectivity index is 1.77. The van der Waals surface area contributed by atoms with Crippen LogP contribution in [0, 0.1) is 20.8 Å². The lowest BCUT2D eigenvalue weighted by atomic mass is 10.0. The second-order valence-corrected chi connectivity index (χ2v) is 8.41. The fourth-order valence-electron chi connectivity index (χ4n) is 3.97. The molecule has 4 rings (SSSR count). The Morgan fingerprint density at radius 1 is 0.788 bits per heavy atom. The zero-order chi connectivity index (χ0) is 23.5. The number of aryl methyl sites for hydroxylation is 3. The van der Waals surface area contributed by atoms with Gasteiger partial charge in [-0.1, -0.05) is 42.8 Å². The van der Waals surface area contributed by atoms with Gasteiger partial charge in [0, 0.05) is 5.69 Å². The minimum Gasteiger partial charge on any atom is -0.494 e. The van der Waals surface area contributed by atoms with Gasteiger partial charge in [-0.25, -0.2) is 4.90 Å². The molecule has 5 heteroatoms. The van der Waals surface area contributed by atoms with Crippen LogP contribution in [-0.2, 0) is 9.59 Å². The Bertz CT molecular complexity index is 1200. The molecule has 0 bridgehead atoms. The van der Waals surface area contributed by atoms with Gasteiger partial charge in [-0.3, -0.25) is 9.59 Å². The minimum atomic E-state index is -0.371. The number of rotatable bonds is 7. The molecule has 3 aromatic rings. The Labute approximate surface area is 194 Å². The number of nitrogens with one attached hydrogen (secondary N) is 1. The normalized spacial score (nSPS) is 13.6. The van der Waals surface area contributed by atoms with Gasteiger partial charge in [0.2, 0.25) is 0 Å². The fraction of sp³-hybridized carbons (Fsp3) is 0.214. The smallest absolute Gasteiger partial charge is 0.282 e. The standard InChI is InChI=1S/C28H28N2O3/c1-5-14-33-24-12-8-21(9-13-24)25-26(29-22-16-19(3)15-20(4)17-22)28(32)30(27(25)31)23-10-6-18(2)7-11-23/h6-13,15-17,29H,5,14H2,1-4H3. The summed E-state index contributed by atoms with van der Waals surface area (Å²) in [5, 5.41) is 3.25. The third-order valence-corrected chi connectivity index (χ3v) is 5.48. The molecular formula is C28H28N2O3. The van der Waals surface area contributed by atoms with Gasteiger partial charge in [-0.15, -0.1) is 0 Å². The van der Waals surface area contributed by atoms with Crippen LogP contribution in [0.4, 0.5) is 11.4 Å². The number of carbonyl (C=O) groups is 2. The summed E-state index contributed by atoms with van der Waals surface area (Å²) in [5.74, 6) is 0.0134. The quantitative estimate of drug-likeness (QED) is 0.472. The topological polar surface area (TPSA) is 58.6 Å². The second-order valence-electron chi connectivity index (χ2n) is 8.41. The van der Waals surface area contributed by atoms with E-state index in [0.717, 1.165) is 34.5 Å². The first-order chi connectivity index (χ1) is 15.9. The summed E-state index contributed by atoms with van der Waals surface area (Å²) in [5.41, 5.74) is 5.81. The maximum Gasteiger partial charge on any atom is 0.282 e. The minimum absolute atomic E-state index is 0.271. The van der Waals surface area contributed by atoms with E-state index in [1.165, 1.54) is 4.90 Å². The predicted octanol–water partition coefficient (Wildman–Crippen LogP) is 5.80. The van der Waals surface area contributed by atoms with Crippen LogP contribution < -0.4 is 15.0 Å². The maximum atomic E-state index is 13.6. The predicted molar refractivity (Wildman–Crippen MR) is 132 cm³/mol. The van der Waals surface area contributed by atoms with Crippen molar-refractivity contribution in [3.63, 3.8) is 0 Å². The number of hydrogen-bond donors (Lipinski definition) is 1. The van der Waals surface area contributed by atoms with E-state index in [9.17, 15) is 9.59 Å². The molecule has 0 aromatic heterocycles. The summed E-state index contributed by atoms with van der Waals surface area (Å²) in [6.45, 7) is 8.65. The molecule has 0 saturated heterocycles. The van der Waals surface area contributed by atoms with Gasteiger partial charge < -0.3 is 10.1 Å². The molecule has 0 aliphatic carbocycles. The van der Waals surface area contributed by atoms with E-state index in [4.69, 9.17) is 4.74 Å². The number of benzene rings is 3. The van der Waals surface area contributed by atoms with Gasteiger partial charge >= 0.3 is 0 Å². The molecule has 5 nitrogen and oxygen atoms in total. The highest BCUT2D eigenvalue weighted by molar-refractivity contribution is 6.46. The third kappa shape index (κ3) is 4.67. The Morgan fingerprint density at radius 3 is 2.03 bits per heavy atom. The lowest BCUT2D eigenvalue weighted by molar-refractivity contribution is -0.120. The monoisotopic (exact) mass is 440 g/mol. The molecule has 0 spiro atoms. The Kier molecular flexibility index (Phi) is 6.31. The molecule has 1 aliphatic heterocycles. The number of anilines is 2. The molecule has 168 valence electrons. The number of ether oxygens (including phenoxy) is 1. The number of amides is 2. The molecule has 0 unspecified atom stereocenters. The van der Waals surface area contributed by atoms with Crippen molar-refractivity contribution in [3.8, 4) is 5.75 Å². The summed E-state index contributed by atoms with van der Waals surface area (Å²) < 4.78 is 5.68. The van der Waals surface area contributed by atoms with E-state index in [1.807, 2.05) is 76.2 Å². The first kappa shape index (κ1) is 22.3. The average Bonchev–Trinajstić information content (AvgIpc) is 3.02. The van der Waals surface area contributed by atoms with Gasteiger partial charge in [0.15, 0.2) is 0 Å². The zero-order valence-electron chi connectivity index (χ0n) is 19.4. The molecule has 0 atom stereocenters. The summed E-state index contributed by atoms with van der Waals surface area (Å²) in [4.78, 5) is 28.3. The highest BCUT2D eigenvalue weighted by Gasteiger charge is 2.40. The first-order valence-corrected chi connectivity index (χ1v) is 11.2. The van der Waals surface area contributed by atoms with Crippen molar-refractivity contribution in [1.29, 1.82) is 0 Å². The Morgan fingerprint density at radius 2 is 1.42 bits per heavy atom. The van der Waals surface area contributed by atoms with Gasteiger partial charge in [0.1, 0.15) is 11.4 Å². The van der Waals surface area contributed by atoms with E-state index in [2.05, 4.69) is 11.4 Å². The van der Waals surface area contributed by atoms with Crippen molar-refractivity contribution in [2.24, 2.45) is 0 Å². The SMILES string of the molecule is CCCOc1ccc(C2=C(Nc3cc(C)cc(C)c3)C(=O)N(c3ccc(C)cc3)C2=O)cc1. The summed E-state index contributed by atoms with van der Waals surface area (Å²) in [7, 11) is 0. The fourth-order valence-corrected chi connectivity index (χ4v) is 3.97. The van der Waals surface area contributed by atoms with E-state index in [1.54, 1.807) is 12.1 Å². The van der Waals surface area contributed by atoms with Crippen LogP contribution in [0.15, 0.2) is 72.4 Å². The largest absolute Gasteiger partial charge is 0.494 e. The van der Waals surface area contributed by atoms with Crippen LogP contribution in [-0.4, -0.2) is 18.4 Å². The van der Waals surface area contributed by atoms with Gasteiger partial charge in [0.25, 0.3) is 11.8 Å². The number of imide groups is 1. The van der Waals surface area contributed by atoms with Crippen molar-refractivity contribution in [2.45, 2.75) is 34.1 Å². The molecule has 0 radical (unpaired) electrons. The van der Waals surface area contributed by atoms with Crippen molar-refractivity contribution in [2.75, 3.05) is 16.8 Å². The van der Waals surface area contributed by atoms with Gasteiger partial charge in [-0.05, 0) is 80.3 Å². The van der Waals surface area contributed by atoms with Crippen LogP contribution in [0.25, 0.3) is 5.57 Å². The van der Waals surface area contributed by atoms with Gasteiger partial charge in [0.05, 0.1) is 17.9 Å². The van der Waals surface area contributed by atoms with Crippen molar-refractivity contribution >= 4 is 28.8 Å². The summed E-state index contributed by atoms with van der Waals surface area (Å²) in [6, 6.07) is 20.7. The first-order valence-electron chi connectivity index (χ1n) is 11.2. The average molecular weight is 441 g/mol. The lowest BCUT2D eigenvalue weighted by Gasteiger charge is -2.16. The maximum absolute atomic E-state index is 13.6. The highest BCUT2D eigenvalue weighted by Crippen LogP contribution is 2.34. The molecular weight excluding hydrogens is 412 g/mol. The summed E-state index contributed by atoms with van der Waals surface area (Å²) in [6.07, 6.45) is 0.912. The number of carbonyl (C=O) groups excluding carboxylic acids is 2. The molecule has 1 aliphatic rings. The van der Waals surface area contributed by atoms with E-state index >= 15 is 0 Å². The number of hydrogen-bond acceptors (Lipinski definition) is 4. The van der Waals surface area contributed by atoms with Crippen molar-refractivity contribution in [3.05, 3.63) is 94.7 Å². The van der Waals surface area contributed by atoms with Crippen LogP contribution in [0.5, 0.6) is 5.75 Å². The molecule has 3 aromatic carbocycles. The van der Waals surface area contributed by atoms with Crippen LogP contribution >= 0.6 is 0 Å².